The van der Waals surface area contributed by atoms with Gasteiger partial charge in [-0.05, 0) is 32.4 Å². The van der Waals surface area contributed by atoms with E-state index in [-0.39, 0.29) is 12.3 Å². The van der Waals surface area contributed by atoms with Gasteiger partial charge in [-0.25, -0.2) is 0 Å². The van der Waals surface area contributed by atoms with Crippen molar-refractivity contribution in [2.75, 3.05) is 0 Å². The zero-order valence-corrected chi connectivity index (χ0v) is 12.3. The maximum Gasteiger partial charge on any atom is 0.305 e. The molecule has 0 radical (unpaired) electrons. The summed E-state index contributed by atoms with van der Waals surface area (Å²) in [5, 5.41) is 12.3. The maximum absolute atomic E-state index is 12.4. The minimum atomic E-state index is -0.936. The Balaban J connectivity index is 2.39. The third kappa shape index (κ3) is 3.37. The number of aromatic nitrogens is 1. The van der Waals surface area contributed by atoms with Gasteiger partial charge in [0.2, 0.25) is 0 Å². The smallest absolute Gasteiger partial charge is 0.305 e. The van der Waals surface area contributed by atoms with Gasteiger partial charge in [-0.1, -0.05) is 18.2 Å². The zero-order chi connectivity index (χ0) is 15.6. The zero-order valence-electron chi connectivity index (χ0n) is 12.3. The number of carboxylic acids is 1. The third-order valence-corrected chi connectivity index (χ3v) is 3.27. The summed E-state index contributed by atoms with van der Waals surface area (Å²) in [6.45, 7) is 5.46. The first-order valence-electron chi connectivity index (χ1n) is 6.78. The largest absolute Gasteiger partial charge is 0.481 e. The fourth-order valence-corrected chi connectivity index (χ4v) is 2.32. The van der Waals surface area contributed by atoms with Crippen LogP contribution < -0.4 is 5.32 Å². The van der Waals surface area contributed by atoms with Crippen molar-refractivity contribution in [2.45, 2.75) is 33.2 Å². The van der Waals surface area contributed by atoms with E-state index in [0.717, 1.165) is 22.2 Å². The highest BCUT2D eigenvalue weighted by molar-refractivity contribution is 6.07. The first-order chi connectivity index (χ1) is 9.88. The summed E-state index contributed by atoms with van der Waals surface area (Å²) in [6, 6.07) is 6.98. The van der Waals surface area contributed by atoms with Crippen molar-refractivity contribution in [1.82, 2.24) is 10.3 Å². The third-order valence-electron chi connectivity index (χ3n) is 3.27. The van der Waals surface area contributed by atoms with Crippen LogP contribution in [0.5, 0.6) is 0 Å². The molecule has 1 aromatic heterocycles. The summed E-state index contributed by atoms with van der Waals surface area (Å²) in [6.07, 6.45) is -0.104. The average Bonchev–Trinajstić information content (AvgIpc) is 2.37. The number of carbonyl (C=O) groups is 2. The molecule has 1 heterocycles. The molecule has 0 spiro atoms. The molecule has 5 nitrogen and oxygen atoms in total. The Labute approximate surface area is 123 Å². The normalized spacial score (nSPS) is 12.1. The molecule has 2 aromatic rings. The minimum absolute atomic E-state index is 0.104. The van der Waals surface area contributed by atoms with Crippen LogP contribution in [0.15, 0.2) is 24.3 Å². The number of carboxylic acid groups (broad SMARTS) is 1. The first-order valence-corrected chi connectivity index (χ1v) is 6.78. The number of aliphatic carboxylic acids is 1. The molecule has 0 aliphatic heterocycles. The van der Waals surface area contributed by atoms with Crippen LogP contribution in [0.4, 0.5) is 0 Å². The molecule has 1 atom stereocenters. The van der Waals surface area contributed by atoms with Crippen LogP contribution in [0.3, 0.4) is 0 Å². The summed E-state index contributed by atoms with van der Waals surface area (Å²) in [7, 11) is 0. The fraction of sp³-hybridized carbons (Fsp3) is 0.312. The summed E-state index contributed by atoms with van der Waals surface area (Å²) in [5.74, 6) is -1.21. The van der Waals surface area contributed by atoms with Crippen molar-refractivity contribution in [1.29, 1.82) is 0 Å². The van der Waals surface area contributed by atoms with E-state index < -0.39 is 12.0 Å². The lowest BCUT2D eigenvalue weighted by Crippen LogP contribution is -2.34. The van der Waals surface area contributed by atoms with Crippen LogP contribution >= 0.6 is 0 Å². The van der Waals surface area contributed by atoms with Crippen LogP contribution in [0.25, 0.3) is 10.9 Å². The lowest BCUT2D eigenvalue weighted by molar-refractivity contribution is -0.137. The van der Waals surface area contributed by atoms with Gasteiger partial charge in [-0.2, -0.15) is 0 Å². The molecule has 0 fully saturated rings. The summed E-state index contributed by atoms with van der Waals surface area (Å²) >= 11 is 0. The van der Waals surface area contributed by atoms with Gasteiger partial charge in [-0.15, -0.1) is 0 Å². The molecule has 110 valence electrons. The van der Waals surface area contributed by atoms with E-state index in [1.807, 2.05) is 32.0 Å². The maximum atomic E-state index is 12.4. The molecule has 1 amide bonds. The van der Waals surface area contributed by atoms with Crippen molar-refractivity contribution in [3.8, 4) is 0 Å². The highest BCUT2D eigenvalue weighted by Crippen LogP contribution is 2.21. The number of aryl methyl sites for hydroxylation is 2. The van der Waals surface area contributed by atoms with Crippen LogP contribution in [0.2, 0.25) is 0 Å². The van der Waals surface area contributed by atoms with Crippen molar-refractivity contribution in [3.63, 3.8) is 0 Å². The lowest BCUT2D eigenvalue weighted by atomic mass is 10.0. The molecule has 0 aliphatic rings. The Morgan fingerprint density at radius 2 is 2.05 bits per heavy atom. The number of rotatable bonds is 4. The number of hydrogen-bond donors (Lipinski definition) is 2. The highest BCUT2D eigenvalue weighted by Gasteiger charge is 2.16. The number of nitrogens with one attached hydrogen (secondary N) is 1. The molecule has 0 unspecified atom stereocenters. The first kappa shape index (κ1) is 15.0. The molecular formula is C16H18N2O3. The molecule has 2 N–H and O–H groups in total. The van der Waals surface area contributed by atoms with Crippen LogP contribution in [-0.4, -0.2) is 28.0 Å². The lowest BCUT2D eigenvalue weighted by Gasteiger charge is -2.14. The van der Waals surface area contributed by atoms with Gasteiger partial charge in [0.05, 0.1) is 17.5 Å². The summed E-state index contributed by atoms with van der Waals surface area (Å²) in [5.41, 5.74) is 3.09. The Morgan fingerprint density at radius 3 is 2.71 bits per heavy atom. The van der Waals surface area contributed by atoms with E-state index in [0.29, 0.717) is 5.56 Å². The van der Waals surface area contributed by atoms with E-state index in [4.69, 9.17) is 5.11 Å². The van der Waals surface area contributed by atoms with Gasteiger partial charge in [-0.3, -0.25) is 14.6 Å². The highest BCUT2D eigenvalue weighted by atomic mass is 16.4. The van der Waals surface area contributed by atoms with Crippen molar-refractivity contribution in [2.24, 2.45) is 0 Å². The number of fused-ring (bicyclic) bond motifs is 1. The molecule has 2 rings (SSSR count). The van der Waals surface area contributed by atoms with Gasteiger partial charge >= 0.3 is 5.97 Å². The van der Waals surface area contributed by atoms with Crippen LogP contribution in [0, 0.1) is 13.8 Å². The second-order valence-electron chi connectivity index (χ2n) is 5.25. The fourth-order valence-electron chi connectivity index (χ4n) is 2.32. The number of amides is 1. The van der Waals surface area contributed by atoms with Crippen LogP contribution in [0.1, 0.15) is 35.0 Å². The molecule has 5 heteroatoms. The number of carbonyl (C=O) groups excluding carboxylic acids is 1. The number of pyridine rings is 1. The second kappa shape index (κ2) is 5.91. The van der Waals surface area contributed by atoms with Crippen LogP contribution in [-0.2, 0) is 4.79 Å². The van der Waals surface area contributed by atoms with E-state index in [2.05, 4.69) is 10.3 Å². The standard InChI is InChI=1S/C16H18N2O3/c1-9-5-4-6-12-13(7-10(2)17-15(9)12)16(21)18-11(3)8-14(19)20/h4-7,11H,8H2,1-3H3,(H,18,21)(H,19,20)/t11-/m1/s1. The summed E-state index contributed by atoms with van der Waals surface area (Å²) < 4.78 is 0. The van der Waals surface area contributed by atoms with E-state index in [1.165, 1.54) is 0 Å². The van der Waals surface area contributed by atoms with Gasteiger partial charge < -0.3 is 10.4 Å². The van der Waals surface area contributed by atoms with Crippen molar-refractivity contribution in [3.05, 3.63) is 41.1 Å². The Morgan fingerprint density at radius 1 is 1.33 bits per heavy atom. The Bertz CT molecular complexity index is 710. The Hall–Kier alpha value is -2.43. The average molecular weight is 286 g/mol. The number of para-hydroxylation sites is 1. The molecule has 0 saturated heterocycles. The molecule has 21 heavy (non-hydrogen) atoms. The molecule has 0 aliphatic carbocycles. The Kier molecular flexibility index (Phi) is 4.21. The molecule has 1 aromatic carbocycles. The van der Waals surface area contributed by atoms with E-state index >= 15 is 0 Å². The number of benzene rings is 1. The van der Waals surface area contributed by atoms with Crippen molar-refractivity contribution >= 4 is 22.8 Å². The molecule has 0 saturated carbocycles. The quantitative estimate of drug-likeness (QED) is 0.904. The summed E-state index contributed by atoms with van der Waals surface area (Å²) in [4.78, 5) is 27.5. The number of nitrogens with zero attached hydrogens (tertiary/aromatic N) is 1. The topological polar surface area (TPSA) is 79.3 Å². The van der Waals surface area contributed by atoms with Gasteiger partial charge in [0, 0.05) is 17.1 Å². The van der Waals surface area contributed by atoms with Gasteiger partial charge in [0.1, 0.15) is 0 Å². The SMILES string of the molecule is Cc1cc(C(=O)N[C@H](C)CC(=O)O)c2cccc(C)c2n1. The van der Waals surface area contributed by atoms with Crippen molar-refractivity contribution < 1.29 is 14.7 Å². The molecular weight excluding hydrogens is 268 g/mol. The second-order valence-corrected chi connectivity index (χ2v) is 5.25. The van der Waals surface area contributed by atoms with E-state index in [1.54, 1.807) is 13.0 Å². The predicted molar refractivity (Wildman–Crippen MR) is 80.4 cm³/mol. The predicted octanol–water partition coefficient (Wildman–Crippen LogP) is 2.44. The van der Waals surface area contributed by atoms with Gasteiger partial charge in [0.25, 0.3) is 5.91 Å². The van der Waals surface area contributed by atoms with E-state index in [9.17, 15) is 9.59 Å². The minimum Gasteiger partial charge on any atom is -0.481 e. The van der Waals surface area contributed by atoms with Gasteiger partial charge in [0.15, 0.2) is 0 Å². The monoisotopic (exact) mass is 286 g/mol. The molecule has 0 bridgehead atoms. The number of hydrogen-bond acceptors (Lipinski definition) is 3.